The number of fused-ring (bicyclic) bond motifs is 2. The molecule has 34 heavy (non-hydrogen) atoms. The summed E-state index contributed by atoms with van der Waals surface area (Å²) in [4.78, 5) is 16.3. The molecule has 0 saturated heterocycles. The number of benzene rings is 3. The molecule has 1 fully saturated rings. The Labute approximate surface area is 198 Å². The van der Waals surface area contributed by atoms with Gasteiger partial charge in [-0.1, -0.05) is 78.4 Å². The average molecular weight is 448 g/mol. The first-order valence-electron chi connectivity index (χ1n) is 11.8. The second-order valence-corrected chi connectivity index (χ2v) is 9.25. The molecule has 2 aliphatic rings. The Morgan fingerprint density at radius 2 is 1.50 bits per heavy atom. The van der Waals surface area contributed by atoms with Crippen LogP contribution in [-0.2, 0) is 6.42 Å². The Morgan fingerprint density at radius 1 is 0.853 bits per heavy atom. The third-order valence-electron chi connectivity index (χ3n) is 7.22. The minimum absolute atomic E-state index is 0.318. The third kappa shape index (κ3) is 3.65. The summed E-state index contributed by atoms with van der Waals surface area (Å²) < 4.78 is 6.56. The Bertz CT molecular complexity index is 1310. The van der Waals surface area contributed by atoms with Crippen molar-refractivity contribution >= 4 is 11.5 Å². The van der Waals surface area contributed by atoms with E-state index in [1.807, 2.05) is 48.5 Å². The smallest absolute Gasteiger partial charge is 0.335 e. The molecule has 2 aliphatic carbocycles. The van der Waals surface area contributed by atoms with Crippen molar-refractivity contribution in [2.24, 2.45) is 11.8 Å². The quantitative estimate of drug-likeness (QED) is 0.341. The van der Waals surface area contributed by atoms with Crippen LogP contribution in [-0.4, -0.2) is 16.1 Å². The van der Waals surface area contributed by atoms with Crippen LogP contribution in [0.25, 0.3) is 28.2 Å². The lowest BCUT2D eigenvalue weighted by Gasteiger charge is -2.18. The molecule has 1 heterocycles. The molecule has 2 bridgehead atoms. The van der Waals surface area contributed by atoms with Gasteiger partial charge >= 0.3 is 5.97 Å². The number of aromatic nitrogens is 1. The first kappa shape index (κ1) is 20.7. The lowest BCUT2D eigenvalue weighted by molar-refractivity contribution is 0.0697. The van der Waals surface area contributed by atoms with Gasteiger partial charge in [-0.25, -0.2) is 9.78 Å². The second-order valence-electron chi connectivity index (χ2n) is 9.25. The van der Waals surface area contributed by atoms with E-state index in [2.05, 4.69) is 24.3 Å². The van der Waals surface area contributed by atoms with Gasteiger partial charge in [0.2, 0.25) is 5.89 Å². The second kappa shape index (κ2) is 8.45. The number of carboxylic acids is 1. The summed E-state index contributed by atoms with van der Waals surface area (Å²) in [5, 5.41) is 9.22. The average Bonchev–Trinajstić information content (AvgIpc) is 3.61. The molecule has 2 atom stereocenters. The van der Waals surface area contributed by atoms with E-state index in [4.69, 9.17) is 9.40 Å². The molecule has 0 amide bonds. The van der Waals surface area contributed by atoms with Crippen molar-refractivity contribution in [3.63, 3.8) is 0 Å². The number of hydrogen-bond acceptors (Lipinski definition) is 3. The zero-order valence-electron chi connectivity index (χ0n) is 18.8. The maximum Gasteiger partial charge on any atom is 0.335 e. The van der Waals surface area contributed by atoms with Crippen molar-refractivity contribution in [2.75, 3.05) is 0 Å². The van der Waals surface area contributed by atoms with Gasteiger partial charge in [-0.05, 0) is 55.2 Å². The molecular weight excluding hydrogens is 422 g/mol. The number of oxazole rings is 1. The summed E-state index contributed by atoms with van der Waals surface area (Å²) in [6, 6.07) is 27.7. The van der Waals surface area contributed by atoms with Crippen LogP contribution >= 0.6 is 0 Å². The lowest BCUT2D eigenvalue weighted by Crippen LogP contribution is -2.06. The number of rotatable bonds is 6. The standard InChI is InChI=1S/C30H25NO3/c32-30(33)22-13-11-19(12-14-22)17-25-23-15-16-24(18-23)26(25)29-31-27(20-7-3-1-4-8-20)28(34-29)21-9-5-2-6-10-21/h1-14,23-24H,15-18H2,(H,32,33). The molecular formula is C30H25NO3. The first-order chi connectivity index (χ1) is 16.7. The predicted molar refractivity (Wildman–Crippen MR) is 132 cm³/mol. The molecule has 168 valence electrons. The van der Waals surface area contributed by atoms with Gasteiger partial charge in [-0.3, -0.25) is 0 Å². The number of hydrogen-bond donors (Lipinski definition) is 1. The van der Waals surface area contributed by atoms with Crippen molar-refractivity contribution in [1.82, 2.24) is 4.98 Å². The fourth-order valence-corrected chi connectivity index (χ4v) is 5.59. The van der Waals surface area contributed by atoms with Crippen molar-refractivity contribution in [3.8, 4) is 22.6 Å². The van der Waals surface area contributed by atoms with Gasteiger partial charge < -0.3 is 9.52 Å². The zero-order valence-corrected chi connectivity index (χ0v) is 18.8. The van der Waals surface area contributed by atoms with Crippen LogP contribution in [0, 0.1) is 11.8 Å². The highest BCUT2D eigenvalue weighted by molar-refractivity contribution is 5.87. The van der Waals surface area contributed by atoms with E-state index in [1.54, 1.807) is 12.1 Å². The van der Waals surface area contributed by atoms with E-state index in [9.17, 15) is 9.90 Å². The molecule has 0 spiro atoms. The van der Waals surface area contributed by atoms with Gasteiger partial charge in [0.05, 0.1) is 5.56 Å². The molecule has 6 rings (SSSR count). The molecule has 1 saturated carbocycles. The molecule has 0 radical (unpaired) electrons. The number of allylic oxidation sites excluding steroid dienone is 2. The maximum atomic E-state index is 11.2. The summed E-state index contributed by atoms with van der Waals surface area (Å²) in [7, 11) is 0. The van der Waals surface area contributed by atoms with Crippen LogP contribution in [0.3, 0.4) is 0 Å². The van der Waals surface area contributed by atoms with E-state index in [-0.39, 0.29) is 0 Å². The predicted octanol–water partition coefficient (Wildman–Crippen LogP) is 7.13. The van der Waals surface area contributed by atoms with Gasteiger partial charge in [0, 0.05) is 16.7 Å². The van der Waals surface area contributed by atoms with E-state index in [1.165, 1.54) is 24.0 Å². The summed E-state index contributed by atoms with van der Waals surface area (Å²) in [6.07, 6.45) is 4.33. The van der Waals surface area contributed by atoms with Crippen LogP contribution in [0.2, 0.25) is 0 Å². The van der Waals surface area contributed by atoms with Crippen LogP contribution < -0.4 is 0 Å². The first-order valence-corrected chi connectivity index (χ1v) is 11.8. The fraction of sp³-hybridized carbons (Fsp3) is 0.200. The van der Waals surface area contributed by atoms with E-state index in [0.717, 1.165) is 46.9 Å². The minimum Gasteiger partial charge on any atom is -0.478 e. The highest BCUT2D eigenvalue weighted by Gasteiger charge is 2.41. The van der Waals surface area contributed by atoms with Gasteiger partial charge in [0.1, 0.15) is 5.69 Å². The Morgan fingerprint density at radius 3 is 2.18 bits per heavy atom. The van der Waals surface area contributed by atoms with Gasteiger partial charge in [0.25, 0.3) is 0 Å². The molecule has 4 aromatic rings. The number of carbonyl (C=O) groups is 1. The Hall–Kier alpha value is -3.92. The molecule has 1 aromatic heterocycles. The summed E-state index contributed by atoms with van der Waals surface area (Å²) >= 11 is 0. The molecule has 3 aromatic carbocycles. The van der Waals surface area contributed by atoms with Crippen LogP contribution in [0.4, 0.5) is 0 Å². The summed E-state index contributed by atoms with van der Waals surface area (Å²) in [5.41, 5.74) is 7.06. The van der Waals surface area contributed by atoms with Crippen molar-refractivity contribution in [2.45, 2.75) is 25.7 Å². The molecule has 2 unspecified atom stereocenters. The van der Waals surface area contributed by atoms with Crippen LogP contribution in [0.1, 0.15) is 41.1 Å². The van der Waals surface area contributed by atoms with Crippen molar-refractivity contribution < 1.29 is 14.3 Å². The van der Waals surface area contributed by atoms with Gasteiger partial charge in [-0.2, -0.15) is 0 Å². The monoisotopic (exact) mass is 447 g/mol. The van der Waals surface area contributed by atoms with Crippen molar-refractivity contribution in [3.05, 3.63) is 108 Å². The molecule has 4 heteroatoms. The normalized spacial score (nSPS) is 19.1. The lowest BCUT2D eigenvalue weighted by atomic mass is 9.87. The van der Waals surface area contributed by atoms with Crippen molar-refractivity contribution in [1.29, 1.82) is 0 Å². The van der Waals surface area contributed by atoms with E-state index < -0.39 is 5.97 Å². The maximum absolute atomic E-state index is 11.2. The van der Waals surface area contributed by atoms with E-state index >= 15 is 0 Å². The number of aromatic carboxylic acids is 1. The topological polar surface area (TPSA) is 63.3 Å². The highest BCUT2D eigenvalue weighted by Crippen LogP contribution is 2.54. The van der Waals surface area contributed by atoms with Gasteiger partial charge in [-0.15, -0.1) is 0 Å². The highest BCUT2D eigenvalue weighted by atomic mass is 16.4. The summed E-state index contributed by atoms with van der Waals surface area (Å²) in [6.45, 7) is 0. The fourth-order valence-electron chi connectivity index (χ4n) is 5.59. The van der Waals surface area contributed by atoms with Crippen LogP contribution in [0.5, 0.6) is 0 Å². The Kier molecular flexibility index (Phi) is 5.14. The SMILES string of the molecule is O=C(O)c1ccc(CC2=C(c3nc(-c4ccccc4)c(-c4ccccc4)o3)C3CCC2C3)cc1. The zero-order chi connectivity index (χ0) is 23.1. The van der Waals surface area contributed by atoms with E-state index in [0.29, 0.717) is 17.4 Å². The minimum atomic E-state index is -0.895. The third-order valence-corrected chi connectivity index (χ3v) is 7.22. The molecule has 1 N–H and O–H groups in total. The summed E-state index contributed by atoms with van der Waals surface area (Å²) in [5.74, 6) is 1.67. The van der Waals surface area contributed by atoms with Gasteiger partial charge in [0.15, 0.2) is 5.76 Å². The molecule has 0 aliphatic heterocycles. The number of carboxylic acid groups (broad SMARTS) is 1. The Balaban J connectivity index is 1.45. The van der Waals surface area contributed by atoms with Crippen LogP contribution in [0.15, 0.2) is 94.9 Å². The largest absolute Gasteiger partial charge is 0.478 e. The molecule has 4 nitrogen and oxygen atoms in total. The number of nitrogens with zero attached hydrogens (tertiary/aromatic N) is 1.